The SMILES string of the molecule is COC(=O)c1ccc(NC(=O)CSc2nnc(N3CCN(C)CC3)s2)cc1. The molecule has 10 heteroatoms. The molecule has 0 bridgehead atoms. The Bertz CT molecular complexity index is 788. The number of likely N-dealkylation sites (N-methyl/N-ethyl adjacent to an activating group) is 1. The van der Waals surface area contributed by atoms with Crippen LogP contribution in [0.1, 0.15) is 10.4 Å². The summed E-state index contributed by atoms with van der Waals surface area (Å²) >= 11 is 2.88. The van der Waals surface area contributed by atoms with E-state index in [2.05, 4.69) is 37.1 Å². The lowest BCUT2D eigenvalue weighted by Gasteiger charge is -2.31. The molecule has 0 spiro atoms. The Morgan fingerprint density at radius 2 is 1.89 bits per heavy atom. The summed E-state index contributed by atoms with van der Waals surface area (Å²) in [6.07, 6.45) is 0. The van der Waals surface area contributed by atoms with Crippen molar-refractivity contribution in [2.45, 2.75) is 4.34 Å². The number of anilines is 2. The highest BCUT2D eigenvalue weighted by Gasteiger charge is 2.18. The van der Waals surface area contributed by atoms with Crippen LogP contribution < -0.4 is 10.2 Å². The zero-order valence-corrected chi connectivity index (χ0v) is 16.8. The highest BCUT2D eigenvalue weighted by Crippen LogP contribution is 2.28. The van der Waals surface area contributed by atoms with Crippen molar-refractivity contribution in [3.05, 3.63) is 29.8 Å². The maximum atomic E-state index is 12.1. The van der Waals surface area contributed by atoms with Gasteiger partial charge in [0.25, 0.3) is 0 Å². The Balaban J connectivity index is 1.47. The molecule has 0 radical (unpaired) electrons. The molecule has 8 nitrogen and oxygen atoms in total. The third-order valence-electron chi connectivity index (χ3n) is 4.09. The summed E-state index contributed by atoms with van der Waals surface area (Å²) in [5.74, 6) is -0.297. The number of amides is 1. The standard InChI is InChI=1S/C17H21N5O3S2/c1-21-7-9-22(10-8-21)16-19-20-17(27-16)26-11-14(23)18-13-5-3-12(4-6-13)15(24)25-2/h3-6H,7-11H2,1-2H3,(H,18,23). The van der Waals surface area contributed by atoms with E-state index in [9.17, 15) is 9.59 Å². The number of carbonyl (C=O) groups is 2. The molecule has 1 amide bonds. The fourth-order valence-corrected chi connectivity index (χ4v) is 4.21. The van der Waals surface area contributed by atoms with Crippen molar-refractivity contribution in [1.82, 2.24) is 15.1 Å². The third-order valence-corrected chi connectivity index (χ3v) is 6.20. The van der Waals surface area contributed by atoms with Crippen molar-refractivity contribution in [3.63, 3.8) is 0 Å². The number of carbonyl (C=O) groups excluding carboxylic acids is 2. The second-order valence-corrected chi connectivity index (χ2v) is 8.23. The molecule has 1 aliphatic rings. The minimum atomic E-state index is -0.407. The number of nitrogens with zero attached hydrogens (tertiary/aromatic N) is 4. The number of nitrogens with one attached hydrogen (secondary N) is 1. The quantitative estimate of drug-likeness (QED) is 0.573. The van der Waals surface area contributed by atoms with Crippen LogP contribution in [0.3, 0.4) is 0 Å². The Kier molecular flexibility index (Phi) is 6.64. The predicted octanol–water partition coefficient (Wildman–Crippen LogP) is 1.81. The number of thioether (sulfide) groups is 1. The lowest BCUT2D eigenvalue weighted by Crippen LogP contribution is -2.44. The zero-order valence-electron chi connectivity index (χ0n) is 15.2. The number of hydrogen-bond acceptors (Lipinski definition) is 9. The van der Waals surface area contributed by atoms with Gasteiger partial charge in [0.1, 0.15) is 0 Å². The molecule has 3 rings (SSSR count). The summed E-state index contributed by atoms with van der Waals surface area (Å²) in [5, 5.41) is 12.1. The van der Waals surface area contributed by atoms with E-state index in [4.69, 9.17) is 0 Å². The summed E-state index contributed by atoms with van der Waals surface area (Å²) in [6.45, 7) is 3.91. The van der Waals surface area contributed by atoms with Gasteiger partial charge in [0.2, 0.25) is 11.0 Å². The molecule has 144 valence electrons. The Labute approximate surface area is 165 Å². The average Bonchev–Trinajstić information content (AvgIpc) is 3.16. The van der Waals surface area contributed by atoms with Gasteiger partial charge < -0.3 is 19.9 Å². The van der Waals surface area contributed by atoms with Gasteiger partial charge in [-0.25, -0.2) is 4.79 Å². The van der Waals surface area contributed by atoms with Crippen molar-refractivity contribution < 1.29 is 14.3 Å². The molecule has 1 N–H and O–H groups in total. The van der Waals surface area contributed by atoms with Gasteiger partial charge in [-0.1, -0.05) is 23.1 Å². The van der Waals surface area contributed by atoms with E-state index in [0.29, 0.717) is 11.3 Å². The first-order valence-electron chi connectivity index (χ1n) is 8.43. The summed E-state index contributed by atoms with van der Waals surface area (Å²) in [4.78, 5) is 28.0. The number of esters is 1. The molecule has 1 aromatic heterocycles. The number of benzene rings is 1. The van der Waals surface area contributed by atoms with Gasteiger partial charge in [0.15, 0.2) is 4.34 Å². The van der Waals surface area contributed by atoms with Gasteiger partial charge in [0, 0.05) is 31.9 Å². The van der Waals surface area contributed by atoms with Crippen molar-refractivity contribution in [1.29, 1.82) is 0 Å². The third kappa shape index (κ3) is 5.41. The van der Waals surface area contributed by atoms with E-state index >= 15 is 0 Å². The van der Waals surface area contributed by atoms with Gasteiger partial charge >= 0.3 is 5.97 Å². The van der Waals surface area contributed by atoms with Crippen LogP contribution in [-0.2, 0) is 9.53 Å². The van der Waals surface area contributed by atoms with Crippen LogP contribution in [-0.4, -0.2) is 73.1 Å². The van der Waals surface area contributed by atoms with Gasteiger partial charge in [0.05, 0.1) is 18.4 Å². The van der Waals surface area contributed by atoms with Crippen molar-refractivity contribution in [2.75, 3.05) is 56.3 Å². The van der Waals surface area contributed by atoms with Crippen LogP contribution in [0.2, 0.25) is 0 Å². The molecule has 1 aliphatic heterocycles. The van der Waals surface area contributed by atoms with Gasteiger partial charge in [-0.2, -0.15) is 0 Å². The number of piperazine rings is 1. The molecule has 0 unspecified atom stereocenters. The van der Waals surface area contributed by atoms with Crippen LogP contribution in [0.4, 0.5) is 10.8 Å². The van der Waals surface area contributed by atoms with Crippen LogP contribution >= 0.6 is 23.1 Å². The summed E-state index contributed by atoms with van der Waals surface area (Å²) in [7, 11) is 3.44. The van der Waals surface area contributed by atoms with Gasteiger partial charge in [-0.15, -0.1) is 10.2 Å². The minimum absolute atomic E-state index is 0.137. The predicted molar refractivity (Wildman–Crippen MR) is 107 cm³/mol. The van der Waals surface area contributed by atoms with E-state index in [0.717, 1.165) is 35.7 Å². The van der Waals surface area contributed by atoms with Crippen molar-refractivity contribution in [3.8, 4) is 0 Å². The number of aromatic nitrogens is 2. The van der Waals surface area contributed by atoms with Gasteiger partial charge in [-0.3, -0.25) is 4.79 Å². The molecule has 27 heavy (non-hydrogen) atoms. The minimum Gasteiger partial charge on any atom is -0.465 e. The number of methoxy groups -OCH3 is 1. The zero-order chi connectivity index (χ0) is 19.2. The van der Waals surface area contributed by atoms with E-state index in [1.807, 2.05) is 0 Å². The molecule has 1 saturated heterocycles. The maximum Gasteiger partial charge on any atom is 0.337 e. The topological polar surface area (TPSA) is 87.7 Å². The molecular formula is C17H21N5O3S2. The fraction of sp³-hybridized carbons (Fsp3) is 0.412. The Hall–Kier alpha value is -2.17. The Morgan fingerprint density at radius 1 is 1.19 bits per heavy atom. The summed E-state index contributed by atoms with van der Waals surface area (Å²) in [6, 6.07) is 6.57. The molecule has 1 fully saturated rings. The highest BCUT2D eigenvalue weighted by molar-refractivity contribution is 8.01. The fourth-order valence-electron chi connectivity index (χ4n) is 2.52. The number of ether oxygens (including phenoxy) is 1. The largest absolute Gasteiger partial charge is 0.465 e. The van der Waals surface area contributed by atoms with Crippen LogP contribution in [0.25, 0.3) is 0 Å². The molecule has 2 heterocycles. The van der Waals surface area contributed by atoms with E-state index in [1.54, 1.807) is 24.3 Å². The second-order valence-electron chi connectivity index (χ2n) is 6.05. The molecule has 0 atom stereocenters. The average molecular weight is 408 g/mol. The lowest BCUT2D eigenvalue weighted by molar-refractivity contribution is -0.113. The smallest absolute Gasteiger partial charge is 0.337 e. The first kappa shape index (κ1) is 19.6. The van der Waals surface area contributed by atoms with E-state index in [1.165, 1.54) is 30.2 Å². The molecular weight excluding hydrogens is 386 g/mol. The molecule has 0 saturated carbocycles. The van der Waals surface area contributed by atoms with Crippen molar-refractivity contribution in [2.24, 2.45) is 0 Å². The summed E-state index contributed by atoms with van der Waals surface area (Å²) in [5.41, 5.74) is 1.07. The molecule has 1 aromatic carbocycles. The van der Waals surface area contributed by atoms with E-state index < -0.39 is 5.97 Å². The Morgan fingerprint density at radius 3 is 2.56 bits per heavy atom. The maximum absolute atomic E-state index is 12.1. The van der Waals surface area contributed by atoms with Crippen LogP contribution in [0, 0.1) is 0 Å². The number of rotatable bonds is 6. The second kappa shape index (κ2) is 9.16. The lowest BCUT2D eigenvalue weighted by atomic mass is 10.2. The van der Waals surface area contributed by atoms with Crippen LogP contribution in [0.15, 0.2) is 28.6 Å². The normalized spacial score (nSPS) is 14.8. The van der Waals surface area contributed by atoms with Crippen molar-refractivity contribution >= 4 is 45.8 Å². The monoisotopic (exact) mass is 407 g/mol. The van der Waals surface area contributed by atoms with E-state index in [-0.39, 0.29) is 11.7 Å². The first-order valence-corrected chi connectivity index (χ1v) is 10.2. The highest BCUT2D eigenvalue weighted by atomic mass is 32.2. The first-order chi connectivity index (χ1) is 13.0. The molecule has 0 aliphatic carbocycles. The summed E-state index contributed by atoms with van der Waals surface area (Å²) < 4.78 is 5.43. The van der Waals surface area contributed by atoms with Crippen LogP contribution in [0.5, 0.6) is 0 Å². The molecule has 2 aromatic rings. The number of hydrogen-bond donors (Lipinski definition) is 1. The van der Waals surface area contributed by atoms with Gasteiger partial charge in [-0.05, 0) is 31.3 Å².